The van der Waals surface area contributed by atoms with Crippen LogP contribution in [-0.4, -0.2) is 11.2 Å². The predicted molar refractivity (Wildman–Crippen MR) is 143 cm³/mol. The van der Waals surface area contributed by atoms with E-state index in [0.717, 1.165) is 11.4 Å². The Morgan fingerprint density at radius 2 is 1.25 bits per heavy atom. The van der Waals surface area contributed by atoms with Gasteiger partial charge in [0, 0.05) is 34.3 Å². The molecule has 1 aliphatic rings. The number of hydrogen-bond acceptors (Lipinski definition) is 1. The van der Waals surface area contributed by atoms with Gasteiger partial charge in [0.2, 0.25) is 0 Å². The maximum absolute atomic E-state index is 4.79. The van der Waals surface area contributed by atoms with Gasteiger partial charge in [-0.05, 0) is 58.3 Å². The van der Waals surface area contributed by atoms with Crippen LogP contribution in [0.15, 0.2) is 84.0 Å². The molecule has 1 N–H and O–H groups in total. The summed E-state index contributed by atoms with van der Waals surface area (Å²) >= 11 is 0. The Morgan fingerprint density at radius 1 is 0.688 bits per heavy atom. The van der Waals surface area contributed by atoms with Crippen LogP contribution in [0.4, 0.5) is 0 Å². The fourth-order valence-corrected chi connectivity index (χ4v) is 4.32. The lowest BCUT2D eigenvalue weighted by Crippen LogP contribution is -1.89. The second-order valence-electron chi connectivity index (χ2n) is 7.47. The first kappa shape index (κ1) is 21.6. The van der Waals surface area contributed by atoms with Gasteiger partial charge in [0.1, 0.15) is 0 Å². The third kappa shape index (κ3) is 3.62. The number of H-pyrrole nitrogens is 1. The molecule has 32 heavy (non-hydrogen) atoms. The van der Waals surface area contributed by atoms with Gasteiger partial charge in [-0.1, -0.05) is 76.2 Å². The van der Waals surface area contributed by atoms with Gasteiger partial charge in [-0.2, -0.15) is 0 Å². The second kappa shape index (κ2) is 9.23. The molecule has 0 amide bonds. The van der Waals surface area contributed by atoms with Crippen LogP contribution in [0.2, 0.25) is 0 Å². The number of benzene rings is 4. The van der Waals surface area contributed by atoms with Gasteiger partial charge in [0.05, 0.1) is 11.4 Å². The number of rotatable bonds is 1. The molecule has 4 aromatic carbocycles. The lowest BCUT2D eigenvalue weighted by atomic mass is 9.97. The van der Waals surface area contributed by atoms with Crippen molar-refractivity contribution < 1.29 is 0 Å². The van der Waals surface area contributed by atoms with Crippen molar-refractivity contribution in [3.63, 3.8) is 0 Å². The second-order valence-corrected chi connectivity index (χ2v) is 7.47. The summed E-state index contributed by atoms with van der Waals surface area (Å²) < 4.78 is 0. The molecular formula is C30H30N2. The maximum Gasteiger partial charge on any atom is 0.0759 e. The zero-order valence-corrected chi connectivity index (χ0v) is 19.5. The molecule has 0 spiro atoms. The van der Waals surface area contributed by atoms with Gasteiger partial charge in [-0.15, -0.1) is 0 Å². The molecule has 0 bridgehead atoms. The molecule has 5 aromatic rings. The number of aromatic amines is 1. The molecule has 6 rings (SSSR count). The van der Waals surface area contributed by atoms with E-state index in [0.29, 0.717) is 0 Å². The van der Waals surface area contributed by atoms with E-state index < -0.39 is 0 Å². The monoisotopic (exact) mass is 418 g/mol. The molecule has 2 heteroatoms. The average molecular weight is 419 g/mol. The van der Waals surface area contributed by atoms with Gasteiger partial charge < -0.3 is 4.98 Å². The van der Waals surface area contributed by atoms with Gasteiger partial charge in [-0.25, -0.2) is 0 Å². The van der Waals surface area contributed by atoms with Crippen LogP contribution in [0.3, 0.4) is 0 Å². The van der Waals surface area contributed by atoms with E-state index in [2.05, 4.69) is 90.9 Å². The predicted octanol–water partition coefficient (Wildman–Crippen LogP) is 8.85. The summed E-state index contributed by atoms with van der Waals surface area (Å²) in [4.78, 5) is 8.29. The summed E-state index contributed by atoms with van der Waals surface area (Å²) in [6.07, 6.45) is 4.09. The molecular weight excluding hydrogens is 388 g/mol. The Kier molecular flexibility index (Phi) is 6.23. The third-order valence-corrected chi connectivity index (χ3v) is 5.80. The Balaban J connectivity index is 0.000000582. The lowest BCUT2D eigenvalue weighted by molar-refractivity contribution is 1.35. The Morgan fingerprint density at radius 3 is 1.91 bits per heavy atom. The van der Waals surface area contributed by atoms with Crippen molar-refractivity contribution in [2.24, 2.45) is 4.99 Å². The minimum Gasteiger partial charge on any atom is -0.360 e. The summed E-state index contributed by atoms with van der Waals surface area (Å²) in [5.74, 6) is 0. The van der Waals surface area contributed by atoms with Crippen molar-refractivity contribution in [2.75, 3.05) is 0 Å². The zero-order valence-electron chi connectivity index (χ0n) is 19.5. The van der Waals surface area contributed by atoms with E-state index in [-0.39, 0.29) is 0 Å². The number of aromatic nitrogens is 1. The Bertz CT molecular complexity index is 1460. The van der Waals surface area contributed by atoms with Gasteiger partial charge in [0.25, 0.3) is 0 Å². The van der Waals surface area contributed by atoms with E-state index >= 15 is 0 Å². The molecule has 1 aromatic heterocycles. The van der Waals surface area contributed by atoms with Crippen molar-refractivity contribution in [1.29, 1.82) is 0 Å². The summed E-state index contributed by atoms with van der Waals surface area (Å²) in [5.41, 5.74) is 5.77. The summed E-state index contributed by atoms with van der Waals surface area (Å²) in [6, 6.07) is 26.0. The SMILES string of the molecule is C/C(=C1/N=Cc2cc3ccccc3cc21)c1[nH]cc2cc3ccccc3cc12.CC.CC. The highest BCUT2D eigenvalue weighted by Gasteiger charge is 2.18. The number of allylic oxidation sites excluding steroid dienone is 1. The van der Waals surface area contributed by atoms with Crippen LogP contribution >= 0.6 is 0 Å². The van der Waals surface area contributed by atoms with Crippen LogP contribution in [0, 0.1) is 0 Å². The van der Waals surface area contributed by atoms with E-state index in [9.17, 15) is 0 Å². The lowest BCUT2D eigenvalue weighted by Gasteiger charge is -2.08. The van der Waals surface area contributed by atoms with E-state index in [4.69, 9.17) is 4.99 Å². The van der Waals surface area contributed by atoms with Gasteiger partial charge in [-0.3, -0.25) is 4.99 Å². The molecule has 0 radical (unpaired) electrons. The quantitative estimate of drug-likeness (QED) is 0.282. The van der Waals surface area contributed by atoms with Crippen molar-refractivity contribution in [3.8, 4) is 0 Å². The van der Waals surface area contributed by atoms with Crippen LogP contribution in [0.1, 0.15) is 51.4 Å². The van der Waals surface area contributed by atoms with Gasteiger partial charge >= 0.3 is 0 Å². The fraction of sp³-hybridized carbons (Fsp3) is 0.167. The molecule has 0 saturated heterocycles. The molecule has 0 fully saturated rings. The van der Waals surface area contributed by atoms with E-state index in [1.165, 1.54) is 49.0 Å². The van der Waals surface area contributed by atoms with Crippen molar-refractivity contribution in [3.05, 3.63) is 95.8 Å². The standard InChI is InChI=1S/C26H18N2.2C2H6/c1-16(25-23-12-19-8-4-2-6-17(19)10-21(23)14-27-25)26-24-13-20-9-5-3-7-18(20)11-22(24)15-28-26;2*1-2/h2-15,27H,1H3;2*1-2H3/b26-16-;;. The highest BCUT2D eigenvalue weighted by molar-refractivity contribution is 6.11. The molecule has 0 saturated carbocycles. The molecule has 2 nitrogen and oxygen atoms in total. The fourth-order valence-electron chi connectivity index (χ4n) is 4.32. The minimum absolute atomic E-state index is 1.05. The average Bonchev–Trinajstić information content (AvgIpc) is 3.47. The highest BCUT2D eigenvalue weighted by Crippen LogP contribution is 2.37. The summed E-state index contributed by atoms with van der Waals surface area (Å²) in [5, 5.41) is 7.50. The maximum atomic E-state index is 4.79. The van der Waals surface area contributed by atoms with Crippen molar-refractivity contribution >= 4 is 49.8 Å². The smallest absolute Gasteiger partial charge is 0.0759 e. The number of hydrogen-bond donors (Lipinski definition) is 1. The number of aliphatic imine (C=N–C) groups is 1. The van der Waals surface area contributed by atoms with E-state index in [1.807, 2.05) is 33.9 Å². The summed E-state index contributed by atoms with van der Waals surface area (Å²) in [7, 11) is 0. The van der Waals surface area contributed by atoms with Gasteiger partial charge in [0.15, 0.2) is 0 Å². The van der Waals surface area contributed by atoms with Crippen LogP contribution < -0.4 is 0 Å². The number of nitrogens with zero attached hydrogens (tertiary/aromatic N) is 1. The van der Waals surface area contributed by atoms with E-state index in [1.54, 1.807) is 0 Å². The first-order valence-electron chi connectivity index (χ1n) is 11.6. The molecule has 0 aliphatic carbocycles. The van der Waals surface area contributed by atoms with Crippen LogP contribution in [0.5, 0.6) is 0 Å². The largest absolute Gasteiger partial charge is 0.360 e. The first-order valence-corrected chi connectivity index (χ1v) is 11.6. The van der Waals surface area contributed by atoms with Crippen molar-refractivity contribution in [2.45, 2.75) is 34.6 Å². The van der Waals surface area contributed by atoms with Crippen LogP contribution in [0.25, 0.3) is 43.6 Å². The van der Waals surface area contributed by atoms with Crippen molar-refractivity contribution in [1.82, 2.24) is 4.98 Å². The molecule has 1 aliphatic heterocycles. The zero-order chi connectivity index (χ0) is 22.7. The number of nitrogens with one attached hydrogen (secondary N) is 1. The first-order chi connectivity index (χ1) is 15.8. The Labute approximate surface area is 190 Å². The minimum atomic E-state index is 1.05. The topological polar surface area (TPSA) is 28.1 Å². The van der Waals surface area contributed by atoms with Crippen LogP contribution in [-0.2, 0) is 0 Å². The highest BCUT2D eigenvalue weighted by atomic mass is 14.8. The molecule has 2 heterocycles. The summed E-state index contributed by atoms with van der Waals surface area (Å²) in [6.45, 7) is 10.2. The third-order valence-electron chi connectivity index (χ3n) is 5.80. The number of fused-ring (bicyclic) bond motifs is 4. The normalized spacial score (nSPS) is 13.4. The molecule has 0 unspecified atom stereocenters. The molecule has 160 valence electrons. The Hall–Kier alpha value is -3.65. The molecule has 0 atom stereocenters.